The maximum absolute atomic E-state index is 12.4. The molecule has 0 aromatic rings. The third kappa shape index (κ3) is 26.5. The van der Waals surface area contributed by atoms with Crippen LogP contribution in [-0.4, -0.2) is 41.9 Å². The van der Waals surface area contributed by atoms with Crippen molar-refractivity contribution < 1.29 is 22.9 Å². The zero-order valence-corrected chi connectivity index (χ0v) is 24.9. The Bertz CT molecular complexity index is 650. The van der Waals surface area contributed by atoms with Gasteiger partial charge in [-0.05, 0) is 38.5 Å². The van der Waals surface area contributed by atoms with Crippen LogP contribution >= 0.6 is 0 Å². The number of aliphatic hydroxyl groups is 1. The lowest BCUT2D eigenvalue weighted by Gasteiger charge is -2.23. The van der Waals surface area contributed by atoms with Gasteiger partial charge in [-0.1, -0.05) is 122 Å². The molecule has 0 fully saturated rings. The molecule has 0 aliphatic heterocycles. The Kier molecular flexibility index (Phi) is 24.7. The molecule has 0 aromatic heterocycles. The molecule has 0 radical (unpaired) electrons. The molecule has 0 heterocycles. The molecule has 3 N–H and O–H groups in total. The van der Waals surface area contributed by atoms with Gasteiger partial charge in [0, 0.05) is 6.42 Å². The first-order valence-corrected chi connectivity index (χ1v) is 17.0. The van der Waals surface area contributed by atoms with Gasteiger partial charge in [0.25, 0.3) is 10.1 Å². The monoisotopic (exact) mass is 545 g/mol. The predicted octanol–water partition coefficient (Wildman–Crippen LogP) is 7.90. The molecular weight excluding hydrogens is 486 g/mol. The van der Waals surface area contributed by atoms with Crippen molar-refractivity contribution in [2.45, 2.75) is 167 Å². The van der Waals surface area contributed by atoms with Crippen LogP contribution in [0.5, 0.6) is 0 Å². The first-order valence-electron chi connectivity index (χ1n) is 15.4. The van der Waals surface area contributed by atoms with E-state index < -0.39 is 28.0 Å². The van der Waals surface area contributed by atoms with Gasteiger partial charge in [0.05, 0.1) is 17.9 Å². The highest BCUT2D eigenvalue weighted by molar-refractivity contribution is 7.85. The van der Waals surface area contributed by atoms with E-state index in [9.17, 15) is 22.9 Å². The molecule has 2 atom stereocenters. The highest BCUT2D eigenvalue weighted by Gasteiger charge is 2.26. The van der Waals surface area contributed by atoms with Gasteiger partial charge in [-0.2, -0.15) is 8.42 Å². The summed E-state index contributed by atoms with van der Waals surface area (Å²) in [6.07, 6.45) is 27.3. The Morgan fingerprint density at radius 2 is 1.14 bits per heavy atom. The lowest BCUT2D eigenvalue weighted by Crippen LogP contribution is -2.47. The standard InChI is InChI=1S/C30H59NO5S/c1-3-5-7-9-11-13-14-15-16-18-20-22-24-26-30(33)31-28(27-37(34,35)36)29(32)25-23-21-19-17-12-10-8-6-4-2/h13-14,28-29,32H,3-12,15-27H2,1-2H3,(H,31,33)(H,34,35,36)/b14-13-. The number of carbonyl (C=O) groups is 1. The molecule has 0 aliphatic rings. The Hall–Kier alpha value is -0.920. The minimum absolute atomic E-state index is 0.259. The van der Waals surface area contributed by atoms with E-state index >= 15 is 0 Å². The molecule has 0 bridgehead atoms. The lowest BCUT2D eigenvalue weighted by molar-refractivity contribution is -0.122. The number of amides is 1. The van der Waals surface area contributed by atoms with Crippen LogP contribution in [0.4, 0.5) is 0 Å². The highest BCUT2D eigenvalue weighted by atomic mass is 32.2. The molecule has 37 heavy (non-hydrogen) atoms. The van der Waals surface area contributed by atoms with Crippen molar-refractivity contribution in [2.75, 3.05) is 5.75 Å². The highest BCUT2D eigenvalue weighted by Crippen LogP contribution is 2.14. The Balaban J connectivity index is 4.02. The Morgan fingerprint density at radius 1 is 0.703 bits per heavy atom. The van der Waals surface area contributed by atoms with Crippen LogP contribution in [0.25, 0.3) is 0 Å². The number of nitrogens with one attached hydrogen (secondary N) is 1. The molecule has 0 spiro atoms. The molecule has 0 rings (SSSR count). The number of unbranched alkanes of at least 4 members (excludes halogenated alkanes) is 17. The number of hydrogen-bond acceptors (Lipinski definition) is 4. The second-order valence-corrected chi connectivity index (χ2v) is 12.2. The summed E-state index contributed by atoms with van der Waals surface area (Å²) in [5.41, 5.74) is 0. The number of carbonyl (C=O) groups excluding carboxylic acids is 1. The van der Waals surface area contributed by atoms with Crippen molar-refractivity contribution in [1.29, 1.82) is 0 Å². The number of hydrogen-bond donors (Lipinski definition) is 3. The molecule has 0 saturated heterocycles. The third-order valence-corrected chi connectivity index (χ3v) is 7.75. The van der Waals surface area contributed by atoms with E-state index in [-0.39, 0.29) is 5.91 Å². The van der Waals surface area contributed by atoms with Gasteiger partial charge >= 0.3 is 0 Å². The maximum Gasteiger partial charge on any atom is 0.266 e. The molecule has 0 saturated carbocycles. The van der Waals surface area contributed by atoms with Crippen LogP contribution in [0.1, 0.15) is 155 Å². The predicted molar refractivity (Wildman–Crippen MR) is 156 cm³/mol. The summed E-state index contributed by atoms with van der Waals surface area (Å²) < 4.78 is 32.1. The van der Waals surface area contributed by atoms with E-state index in [4.69, 9.17) is 0 Å². The number of allylic oxidation sites excluding steroid dienone is 2. The SMILES string of the molecule is CCCCCC/C=C\CCCCCCCC(=O)NC(CS(=O)(=O)O)C(O)CCCCCCCCCCC. The normalized spacial score (nSPS) is 13.7. The van der Waals surface area contributed by atoms with Crippen molar-refractivity contribution in [3.05, 3.63) is 12.2 Å². The second-order valence-electron chi connectivity index (χ2n) is 10.7. The average Bonchev–Trinajstić information content (AvgIpc) is 2.84. The smallest absolute Gasteiger partial charge is 0.266 e. The summed E-state index contributed by atoms with van der Waals surface area (Å²) in [5.74, 6) is -0.908. The van der Waals surface area contributed by atoms with Crippen LogP contribution < -0.4 is 5.32 Å². The van der Waals surface area contributed by atoms with Crippen molar-refractivity contribution in [3.63, 3.8) is 0 Å². The largest absolute Gasteiger partial charge is 0.391 e. The van der Waals surface area contributed by atoms with E-state index in [0.29, 0.717) is 12.8 Å². The maximum atomic E-state index is 12.4. The fourth-order valence-electron chi connectivity index (χ4n) is 4.62. The molecule has 2 unspecified atom stereocenters. The van der Waals surface area contributed by atoms with Crippen LogP contribution in [-0.2, 0) is 14.9 Å². The summed E-state index contributed by atoms with van der Waals surface area (Å²) in [5, 5.41) is 13.2. The minimum Gasteiger partial charge on any atom is -0.391 e. The fourth-order valence-corrected chi connectivity index (χ4v) is 5.38. The first-order chi connectivity index (χ1) is 17.8. The quantitative estimate of drug-likeness (QED) is 0.0553. The van der Waals surface area contributed by atoms with Gasteiger partial charge in [0.15, 0.2) is 0 Å². The van der Waals surface area contributed by atoms with Gasteiger partial charge in [0.2, 0.25) is 5.91 Å². The second kappa shape index (κ2) is 25.4. The van der Waals surface area contributed by atoms with Crippen LogP contribution in [0.15, 0.2) is 12.2 Å². The summed E-state index contributed by atoms with van der Waals surface area (Å²) in [4.78, 5) is 12.4. The van der Waals surface area contributed by atoms with Crippen LogP contribution in [0, 0.1) is 0 Å². The van der Waals surface area contributed by atoms with Crippen molar-refractivity contribution in [3.8, 4) is 0 Å². The third-order valence-electron chi connectivity index (χ3n) is 6.97. The number of aliphatic hydroxyl groups excluding tert-OH is 1. The van der Waals surface area contributed by atoms with Crippen molar-refractivity contribution in [2.24, 2.45) is 0 Å². The summed E-state index contributed by atoms with van der Waals surface area (Å²) in [7, 11) is -4.29. The van der Waals surface area contributed by atoms with E-state index in [2.05, 4.69) is 31.3 Å². The van der Waals surface area contributed by atoms with Gasteiger partial charge in [-0.25, -0.2) is 0 Å². The van der Waals surface area contributed by atoms with Gasteiger partial charge in [0.1, 0.15) is 0 Å². The van der Waals surface area contributed by atoms with Gasteiger partial charge < -0.3 is 10.4 Å². The Morgan fingerprint density at radius 3 is 1.65 bits per heavy atom. The van der Waals surface area contributed by atoms with E-state index in [1.165, 1.54) is 77.0 Å². The summed E-state index contributed by atoms with van der Waals surface area (Å²) in [6, 6.07) is -0.967. The van der Waals surface area contributed by atoms with Crippen LogP contribution in [0.3, 0.4) is 0 Å². The van der Waals surface area contributed by atoms with Crippen LogP contribution in [0.2, 0.25) is 0 Å². The zero-order valence-electron chi connectivity index (χ0n) is 24.1. The van der Waals surface area contributed by atoms with Crippen molar-refractivity contribution >= 4 is 16.0 Å². The molecular formula is C30H59NO5S. The molecule has 6 nitrogen and oxygen atoms in total. The Labute approximate surface area is 229 Å². The minimum atomic E-state index is -4.29. The van der Waals surface area contributed by atoms with Crippen molar-refractivity contribution in [1.82, 2.24) is 5.32 Å². The average molecular weight is 546 g/mol. The lowest BCUT2D eigenvalue weighted by atomic mass is 10.0. The molecule has 7 heteroatoms. The van der Waals surface area contributed by atoms with Gasteiger partial charge in [-0.3, -0.25) is 9.35 Å². The van der Waals surface area contributed by atoms with Gasteiger partial charge in [-0.15, -0.1) is 0 Å². The summed E-state index contributed by atoms with van der Waals surface area (Å²) in [6.45, 7) is 4.44. The van der Waals surface area contributed by atoms with E-state index in [1.54, 1.807) is 0 Å². The topological polar surface area (TPSA) is 104 Å². The van der Waals surface area contributed by atoms with E-state index in [1.807, 2.05) is 0 Å². The first kappa shape index (κ1) is 36.1. The molecule has 0 aliphatic carbocycles. The zero-order chi connectivity index (χ0) is 27.6. The molecule has 220 valence electrons. The molecule has 0 aromatic carbocycles. The van der Waals surface area contributed by atoms with E-state index in [0.717, 1.165) is 51.4 Å². The summed E-state index contributed by atoms with van der Waals surface area (Å²) >= 11 is 0. The number of rotatable bonds is 27. The fraction of sp³-hybridized carbons (Fsp3) is 0.900. The molecule has 1 amide bonds.